The molecule has 3 atom stereocenters. The average Bonchev–Trinajstić information content (AvgIpc) is 2.75. The molecular weight excluding hydrogens is 349 g/mol. The molecule has 1 aliphatic heterocycles. The summed E-state index contributed by atoms with van der Waals surface area (Å²) in [5.41, 5.74) is 6.99. The maximum absolute atomic E-state index is 9.16. The number of aromatic nitrogens is 4. The second-order valence-electron chi connectivity index (χ2n) is 4.15. The van der Waals surface area contributed by atoms with Crippen molar-refractivity contribution in [3.05, 3.63) is 12.7 Å². The van der Waals surface area contributed by atoms with Crippen molar-refractivity contribution < 1.29 is 9.84 Å². The number of nitrogens with zero attached hydrogens (tertiary/aromatic N) is 4. The summed E-state index contributed by atoms with van der Waals surface area (Å²) in [5, 5.41) is 9.16. The van der Waals surface area contributed by atoms with E-state index in [0.717, 1.165) is 4.43 Å². The lowest BCUT2D eigenvalue weighted by Crippen LogP contribution is -2.48. The van der Waals surface area contributed by atoms with Crippen molar-refractivity contribution in [3.8, 4) is 0 Å². The number of aliphatic hydroxyl groups is 1. The van der Waals surface area contributed by atoms with Crippen LogP contribution in [-0.4, -0.2) is 41.8 Å². The number of ether oxygens (including phenoxy) is 1. The lowest BCUT2D eigenvalue weighted by atomic mass is 9.97. The SMILES string of the molecule is Nc1ncnc2c1ncn2[C@@H]1O[C@H](CO)[C@H]1CI. The van der Waals surface area contributed by atoms with E-state index in [1.807, 2.05) is 4.57 Å². The lowest BCUT2D eigenvalue weighted by Gasteiger charge is -2.43. The standard InChI is InChI=1S/C10H12IN5O2/c11-1-5-6(2-17)18-10(5)16-4-15-7-8(12)13-3-14-9(7)16/h3-6,10,17H,1-2H2,(H2,12,13,14)/t5-,6-,10-/m1/s1. The molecule has 0 radical (unpaired) electrons. The van der Waals surface area contributed by atoms with Gasteiger partial charge in [0.05, 0.1) is 19.0 Å². The maximum Gasteiger partial charge on any atom is 0.167 e. The van der Waals surface area contributed by atoms with E-state index in [-0.39, 0.29) is 24.9 Å². The summed E-state index contributed by atoms with van der Waals surface area (Å²) in [7, 11) is 0. The first-order valence-corrected chi connectivity index (χ1v) is 7.04. The minimum absolute atomic E-state index is 0.0356. The number of alkyl halides is 1. The molecular formula is C10H12IN5O2. The molecule has 96 valence electrons. The van der Waals surface area contributed by atoms with Crippen molar-refractivity contribution >= 4 is 39.6 Å². The Labute approximate surface area is 117 Å². The minimum Gasteiger partial charge on any atom is -0.394 e. The Balaban J connectivity index is 1.99. The minimum atomic E-state index is -0.140. The van der Waals surface area contributed by atoms with Gasteiger partial charge in [0.15, 0.2) is 11.5 Å². The highest BCUT2D eigenvalue weighted by atomic mass is 127. The molecule has 2 aromatic rings. The van der Waals surface area contributed by atoms with Gasteiger partial charge in [-0.2, -0.15) is 0 Å². The van der Waals surface area contributed by atoms with Gasteiger partial charge >= 0.3 is 0 Å². The van der Waals surface area contributed by atoms with E-state index in [4.69, 9.17) is 15.6 Å². The second-order valence-corrected chi connectivity index (χ2v) is 5.03. The fraction of sp³-hybridized carbons (Fsp3) is 0.500. The number of halogens is 1. The van der Waals surface area contributed by atoms with Gasteiger partial charge in [0.2, 0.25) is 0 Å². The van der Waals surface area contributed by atoms with Gasteiger partial charge in [-0.15, -0.1) is 0 Å². The van der Waals surface area contributed by atoms with Crippen LogP contribution < -0.4 is 5.73 Å². The van der Waals surface area contributed by atoms with Crippen molar-refractivity contribution in [2.45, 2.75) is 12.3 Å². The molecule has 0 saturated carbocycles. The van der Waals surface area contributed by atoms with Crippen molar-refractivity contribution in [2.75, 3.05) is 16.8 Å². The van der Waals surface area contributed by atoms with Crippen molar-refractivity contribution in [1.82, 2.24) is 19.5 Å². The van der Waals surface area contributed by atoms with Crippen LogP contribution in [0.2, 0.25) is 0 Å². The fourth-order valence-corrected chi connectivity index (χ4v) is 3.16. The van der Waals surface area contributed by atoms with Crippen LogP contribution in [0.3, 0.4) is 0 Å². The molecule has 0 aromatic carbocycles. The first kappa shape index (κ1) is 12.1. The number of aliphatic hydroxyl groups excluding tert-OH is 1. The van der Waals surface area contributed by atoms with Crippen molar-refractivity contribution in [1.29, 1.82) is 0 Å². The van der Waals surface area contributed by atoms with Crippen LogP contribution >= 0.6 is 22.6 Å². The van der Waals surface area contributed by atoms with E-state index in [2.05, 4.69) is 37.5 Å². The molecule has 3 N–H and O–H groups in total. The zero-order valence-corrected chi connectivity index (χ0v) is 11.6. The van der Waals surface area contributed by atoms with Gasteiger partial charge in [0.1, 0.15) is 18.1 Å². The highest BCUT2D eigenvalue weighted by Gasteiger charge is 2.43. The van der Waals surface area contributed by atoms with E-state index < -0.39 is 0 Å². The zero-order chi connectivity index (χ0) is 12.7. The average molecular weight is 361 g/mol. The van der Waals surface area contributed by atoms with Gasteiger partial charge in [-0.05, 0) is 0 Å². The number of nitrogens with two attached hydrogens (primary N) is 1. The third-order valence-corrected chi connectivity index (χ3v) is 4.19. The summed E-state index contributed by atoms with van der Waals surface area (Å²) < 4.78 is 8.40. The molecule has 0 aliphatic carbocycles. The molecule has 3 rings (SSSR count). The predicted octanol–water partition coefficient (Wildman–Crippen LogP) is 0.349. The van der Waals surface area contributed by atoms with E-state index in [1.165, 1.54) is 6.33 Å². The number of nitrogen functional groups attached to an aromatic ring is 1. The third-order valence-electron chi connectivity index (χ3n) is 3.18. The molecule has 0 unspecified atom stereocenters. The Hall–Kier alpha value is -1.00. The van der Waals surface area contributed by atoms with Gasteiger partial charge in [0, 0.05) is 10.3 Å². The molecule has 0 amide bonds. The molecule has 18 heavy (non-hydrogen) atoms. The topological polar surface area (TPSA) is 99.1 Å². The van der Waals surface area contributed by atoms with Gasteiger partial charge < -0.3 is 15.6 Å². The quantitative estimate of drug-likeness (QED) is 0.605. The number of anilines is 1. The molecule has 8 heteroatoms. The Morgan fingerprint density at radius 1 is 1.44 bits per heavy atom. The van der Waals surface area contributed by atoms with Crippen LogP contribution in [0.25, 0.3) is 11.2 Å². The molecule has 1 fully saturated rings. The molecule has 1 saturated heterocycles. The van der Waals surface area contributed by atoms with Gasteiger partial charge in [-0.1, -0.05) is 22.6 Å². The Bertz CT molecular complexity index is 574. The molecule has 0 spiro atoms. The molecule has 0 bridgehead atoms. The molecule has 1 aliphatic rings. The zero-order valence-electron chi connectivity index (χ0n) is 9.40. The highest BCUT2D eigenvalue weighted by Crippen LogP contribution is 2.39. The first-order valence-electron chi connectivity index (χ1n) is 5.51. The van der Waals surface area contributed by atoms with E-state index >= 15 is 0 Å². The summed E-state index contributed by atoms with van der Waals surface area (Å²) in [6.45, 7) is 0.0356. The van der Waals surface area contributed by atoms with E-state index in [0.29, 0.717) is 17.0 Å². The van der Waals surface area contributed by atoms with Crippen LogP contribution in [0, 0.1) is 5.92 Å². The van der Waals surface area contributed by atoms with Crippen LogP contribution in [0.4, 0.5) is 5.82 Å². The lowest BCUT2D eigenvalue weighted by molar-refractivity contribution is -0.224. The Morgan fingerprint density at radius 2 is 2.28 bits per heavy atom. The molecule has 7 nitrogen and oxygen atoms in total. The van der Waals surface area contributed by atoms with Gasteiger partial charge in [-0.25, -0.2) is 15.0 Å². The molecule has 2 aromatic heterocycles. The Kier molecular flexibility index (Phi) is 3.08. The normalized spacial score (nSPS) is 27.3. The van der Waals surface area contributed by atoms with Crippen molar-refractivity contribution in [3.63, 3.8) is 0 Å². The van der Waals surface area contributed by atoms with Gasteiger partial charge in [0.25, 0.3) is 0 Å². The summed E-state index contributed by atoms with van der Waals surface area (Å²) in [4.78, 5) is 12.3. The van der Waals surface area contributed by atoms with E-state index in [9.17, 15) is 0 Å². The van der Waals surface area contributed by atoms with Crippen molar-refractivity contribution in [2.24, 2.45) is 5.92 Å². The second kappa shape index (κ2) is 4.59. The van der Waals surface area contributed by atoms with Crippen LogP contribution in [0.5, 0.6) is 0 Å². The van der Waals surface area contributed by atoms with Crippen LogP contribution in [0.15, 0.2) is 12.7 Å². The monoisotopic (exact) mass is 361 g/mol. The van der Waals surface area contributed by atoms with Gasteiger partial charge in [-0.3, -0.25) is 4.57 Å². The summed E-state index contributed by atoms with van der Waals surface area (Å²) in [6, 6.07) is 0. The summed E-state index contributed by atoms with van der Waals surface area (Å²) >= 11 is 2.29. The highest BCUT2D eigenvalue weighted by molar-refractivity contribution is 14.1. The predicted molar refractivity (Wildman–Crippen MR) is 73.1 cm³/mol. The maximum atomic E-state index is 9.16. The van der Waals surface area contributed by atoms with Crippen LogP contribution in [0.1, 0.15) is 6.23 Å². The molecule has 3 heterocycles. The fourth-order valence-electron chi connectivity index (χ4n) is 2.16. The summed E-state index contributed by atoms with van der Waals surface area (Å²) in [6.07, 6.45) is 2.83. The number of hydrogen-bond donors (Lipinski definition) is 2. The number of hydrogen-bond acceptors (Lipinski definition) is 6. The largest absolute Gasteiger partial charge is 0.394 e. The Morgan fingerprint density at radius 3 is 3.00 bits per heavy atom. The van der Waals surface area contributed by atoms with Crippen LogP contribution in [-0.2, 0) is 4.74 Å². The summed E-state index contributed by atoms with van der Waals surface area (Å²) in [5.74, 6) is 0.618. The number of imidazole rings is 1. The number of fused-ring (bicyclic) bond motifs is 1. The third kappa shape index (κ3) is 1.67. The first-order chi connectivity index (χ1) is 8.76. The smallest absolute Gasteiger partial charge is 0.167 e. The number of rotatable bonds is 3. The van der Waals surface area contributed by atoms with E-state index in [1.54, 1.807) is 6.33 Å².